The van der Waals surface area contributed by atoms with Crippen molar-refractivity contribution in [2.24, 2.45) is 5.73 Å². The lowest BCUT2D eigenvalue weighted by atomic mass is 10.0. The molecule has 5 rings (SSSR count). The topological polar surface area (TPSA) is 570 Å². The molecule has 1 aliphatic heterocycles. The SMILES string of the molecule is CCCCCC(NC(=O)C(Cc1ccccc1)NC(=O)C(Cc1ccccc1)NC(=O)C(CC(=O)O)NC(=O)C(CC(=O)O)NC(=O)C(CC(=O)O)NC(=O)CNC(=O)CNC(=O)CNC(=O)C(CC(=O)O)NC(=O)C(CC(=O)O)NC(=O)CCC(=O)N1Cc2ccccc2C#Cc2ccccc21)C(N)=O. The van der Waals surface area contributed by atoms with Crippen LogP contribution in [0.2, 0.25) is 0 Å². The number of carbonyl (C=O) groups excluding carboxylic acids is 13. The van der Waals surface area contributed by atoms with E-state index in [4.69, 9.17) is 5.73 Å². The van der Waals surface area contributed by atoms with Gasteiger partial charge in [0.2, 0.25) is 76.8 Å². The van der Waals surface area contributed by atoms with Crippen molar-refractivity contribution in [2.45, 2.75) is 145 Å². The molecule has 36 heteroatoms. The van der Waals surface area contributed by atoms with E-state index in [1.807, 2.05) is 44.1 Å². The Bertz CT molecular complexity index is 4000. The Labute approximate surface area is 604 Å². The summed E-state index contributed by atoms with van der Waals surface area (Å²) in [5, 5.41) is 72.2. The van der Waals surface area contributed by atoms with Crippen molar-refractivity contribution in [3.05, 3.63) is 137 Å². The third-order valence-electron chi connectivity index (χ3n) is 15.7. The van der Waals surface area contributed by atoms with Crippen molar-refractivity contribution in [3.8, 4) is 11.8 Å². The summed E-state index contributed by atoms with van der Waals surface area (Å²) in [4.78, 5) is 236. The van der Waals surface area contributed by atoms with Crippen molar-refractivity contribution >= 4 is 112 Å². The summed E-state index contributed by atoms with van der Waals surface area (Å²) in [5.41, 5.74) is 8.96. The molecule has 0 aliphatic carbocycles. The Morgan fingerprint density at radius 3 is 1.20 bits per heavy atom. The van der Waals surface area contributed by atoms with Gasteiger partial charge < -0.3 is 94.7 Å². The molecule has 8 atom stereocenters. The number of rotatable bonds is 43. The average Bonchev–Trinajstić information content (AvgIpc) is 0.804. The van der Waals surface area contributed by atoms with Gasteiger partial charge in [0.1, 0.15) is 48.3 Å². The van der Waals surface area contributed by atoms with Gasteiger partial charge in [-0.2, -0.15) is 0 Å². The molecule has 0 radical (unpaired) electrons. The maximum absolute atomic E-state index is 14.3. The van der Waals surface area contributed by atoms with Gasteiger partial charge in [-0.05, 0) is 41.3 Å². The highest BCUT2D eigenvalue weighted by atomic mass is 16.4. The predicted octanol–water partition coefficient (Wildman–Crippen LogP) is -3.14. The minimum Gasteiger partial charge on any atom is -0.481 e. The fourth-order valence-corrected chi connectivity index (χ4v) is 10.4. The quantitative estimate of drug-likeness (QED) is 0.0154. The normalized spacial score (nSPS) is 13.3. The maximum atomic E-state index is 14.3. The number of carbonyl (C=O) groups is 18. The second kappa shape index (κ2) is 42.4. The van der Waals surface area contributed by atoms with E-state index in [-0.39, 0.29) is 25.8 Å². The first-order chi connectivity index (χ1) is 50.4. The molecular weight excluding hydrogens is 1390 g/mol. The van der Waals surface area contributed by atoms with Crippen LogP contribution in [-0.4, -0.2) is 200 Å². The number of aliphatic carboxylic acids is 5. The van der Waals surface area contributed by atoms with Gasteiger partial charge in [-0.15, -0.1) is 0 Å². The Kier molecular flexibility index (Phi) is 33.4. The van der Waals surface area contributed by atoms with Crippen LogP contribution in [0.3, 0.4) is 0 Å². The van der Waals surface area contributed by atoms with Crippen molar-refractivity contribution in [3.63, 3.8) is 0 Å². The van der Waals surface area contributed by atoms with E-state index in [1.54, 1.807) is 109 Å². The van der Waals surface area contributed by atoms with Crippen molar-refractivity contribution < 1.29 is 112 Å². The van der Waals surface area contributed by atoms with E-state index in [0.29, 0.717) is 46.3 Å². The highest BCUT2D eigenvalue weighted by Crippen LogP contribution is 2.26. The molecule has 0 saturated heterocycles. The van der Waals surface area contributed by atoms with E-state index < -0.39 is 220 Å². The molecule has 0 bridgehead atoms. The number of anilines is 1. The van der Waals surface area contributed by atoms with E-state index in [1.165, 1.54) is 4.90 Å². The van der Waals surface area contributed by atoms with Gasteiger partial charge in [0.25, 0.3) is 0 Å². The first-order valence-electron chi connectivity index (χ1n) is 33.1. The minimum atomic E-state index is -2.26. The van der Waals surface area contributed by atoms with Gasteiger partial charge >= 0.3 is 29.8 Å². The Balaban J connectivity index is 1.16. The summed E-state index contributed by atoms with van der Waals surface area (Å²) in [5.74, 6) is -17.3. The Morgan fingerprint density at radius 2 is 0.745 bits per heavy atom. The number of fused-ring (bicyclic) bond motifs is 2. The lowest BCUT2D eigenvalue weighted by Gasteiger charge is -2.27. The van der Waals surface area contributed by atoms with Crippen LogP contribution < -0.4 is 69.1 Å². The van der Waals surface area contributed by atoms with Crippen LogP contribution >= 0.6 is 0 Å². The molecule has 0 fully saturated rings. The molecule has 0 spiro atoms. The van der Waals surface area contributed by atoms with Gasteiger partial charge in [0.15, 0.2) is 0 Å². The third-order valence-corrected chi connectivity index (χ3v) is 15.7. The first-order valence-corrected chi connectivity index (χ1v) is 33.1. The average molecular weight is 1470 g/mol. The van der Waals surface area contributed by atoms with Crippen LogP contribution in [0.4, 0.5) is 5.69 Å². The summed E-state index contributed by atoms with van der Waals surface area (Å²) >= 11 is 0. The third kappa shape index (κ3) is 29.1. The van der Waals surface area contributed by atoms with Crippen LogP contribution in [0.15, 0.2) is 109 Å². The maximum Gasteiger partial charge on any atom is 0.305 e. The summed E-state index contributed by atoms with van der Waals surface area (Å²) in [6.07, 6.45) is -5.29. The minimum absolute atomic E-state index is 0.0812. The highest BCUT2D eigenvalue weighted by Gasteiger charge is 2.37. The van der Waals surface area contributed by atoms with E-state index >= 15 is 0 Å². The number of hydrogen-bond donors (Lipinski definition) is 17. The smallest absolute Gasteiger partial charge is 0.305 e. The Hall–Kier alpha value is -13.1. The molecule has 0 aromatic heterocycles. The van der Waals surface area contributed by atoms with E-state index in [2.05, 4.69) is 33.1 Å². The van der Waals surface area contributed by atoms with Crippen LogP contribution in [0.1, 0.15) is 105 Å². The molecule has 4 aromatic carbocycles. The number of primary amides is 1. The summed E-state index contributed by atoms with van der Waals surface area (Å²) < 4.78 is 0. The molecule has 18 N–H and O–H groups in total. The van der Waals surface area contributed by atoms with Crippen molar-refractivity contribution in [1.82, 2.24) is 58.5 Å². The molecule has 564 valence electrons. The van der Waals surface area contributed by atoms with E-state index in [0.717, 1.165) is 6.42 Å². The number of nitrogens with zero attached hydrogens (tertiary/aromatic N) is 1. The van der Waals surface area contributed by atoms with Crippen molar-refractivity contribution in [2.75, 3.05) is 24.5 Å². The molecule has 8 unspecified atom stereocenters. The number of nitrogens with one attached hydrogen (secondary N) is 11. The van der Waals surface area contributed by atoms with Crippen LogP contribution in [0.5, 0.6) is 0 Å². The lowest BCUT2D eigenvalue weighted by Crippen LogP contribution is -2.60. The second-order valence-corrected chi connectivity index (χ2v) is 24.0. The largest absolute Gasteiger partial charge is 0.481 e. The number of hydrogen-bond acceptors (Lipinski definition) is 18. The number of carboxylic acids is 5. The van der Waals surface area contributed by atoms with Gasteiger partial charge in [0.05, 0.1) is 64.0 Å². The lowest BCUT2D eigenvalue weighted by molar-refractivity contribution is -0.144. The number of nitrogens with two attached hydrogens (primary N) is 1. The zero-order chi connectivity index (χ0) is 78.0. The number of carboxylic acid groups (broad SMARTS) is 5. The summed E-state index contributed by atoms with van der Waals surface area (Å²) in [6, 6.07) is 15.5. The monoisotopic (exact) mass is 1470 g/mol. The molecule has 1 heterocycles. The predicted molar refractivity (Wildman–Crippen MR) is 369 cm³/mol. The number of para-hydroxylation sites is 1. The van der Waals surface area contributed by atoms with E-state index in [9.17, 15) is 112 Å². The number of amides is 13. The van der Waals surface area contributed by atoms with Crippen LogP contribution in [0.25, 0.3) is 0 Å². The molecular formula is C70H81N13O23. The fourth-order valence-electron chi connectivity index (χ4n) is 10.4. The highest BCUT2D eigenvalue weighted by molar-refractivity contribution is 6.02. The number of benzene rings is 4. The zero-order valence-corrected chi connectivity index (χ0v) is 57.1. The summed E-state index contributed by atoms with van der Waals surface area (Å²) in [6.45, 7) is -1.01. The molecule has 0 saturated carbocycles. The standard InChI is InChI=1S/C70H81N13O23/c1-2-3-6-22-44(63(71)99)77-65(101)45(28-39-15-7-4-8-16-39)78-66(102)46(29-40-17-9-5-10-18-40)79-69(105)50(33-61(95)96)82-70(106)51(34-62(97)98)81-68(104)49(32-60(93)94)76-56(87)37-73-54(85)35-72-55(86)36-74-64(100)47(30-58(89)90)80-67(103)48(31-59(91)92)75-53(84)26-27-57(88)83-38-43-21-12-11-19-41(43)24-25-42-20-13-14-23-52(42)83/h4-5,7-21,23,44-51H,2-3,6,22,26-38H2,1H3,(H2,71,99)(H,72,86)(H,73,85)(H,74,100)(H,75,84)(H,76,87)(H,77,101)(H,78,102)(H,79,105)(H,80,103)(H,81,104)(H,82,106)(H,89,90)(H,91,92)(H,93,94)(H,95,96)(H,97,98). The second-order valence-electron chi connectivity index (χ2n) is 24.0. The van der Waals surface area contributed by atoms with Gasteiger partial charge in [-0.1, -0.05) is 129 Å². The van der Waals surface area contributed by atoms with Gasteiger partial charge in [-0.3, -0.25) is 86.3 Å². The fraction of sp³-hybridized carbons (Fsp3) is 0.371. The summed E-state index contributed by atoms with van der Waals surface area (Å²) in [7, 11) is 0. The Morgan fingerprint density at radius 1 is 0.387 bits per heavy atom. The number of unbranched alkanes of at least 4 members (excludes halogenated alkanes) is 2. The van der Waals surface area contributed by atoms with Crippen molar-refractivity contribution in [1.29, 1.82) is 0 Å². The molecule has 106 heavy (non-hydrogen) atoms. The van der Waals surface area contributed by atoms with Gasteiger partial charge in [-0.25, -0.2) is 0 Å². The molecule has 1 aliphatic rings. The molecule has 4 aromatic rings. The van der Waals surface area contributed by atoms with Gasteiger partial charge in [0, 0.05) is 36.8 Å². The van der Waals surface area contributed by atoms with Crippen LogP contribution in [0, 0.1) is 11.8 Å². The zero-order valence-electron chi connectivity index (χ0n) is 57.1. The molecule has 13 amide bonds. The molecule has 36 nitrogen and oxygen atoms in total. The first kappa shape index (κ1) is 83.6. The van der Waals surface area contributed by atoms with Crippen LogP contribution in [-0.2, 0) is 106 Å².